The monoisotopic (exact) mass is 324 g/mol. The van der Waals surface area contributed by atoms with Crippen LogP contribution in [0, 0.1) is 0 Å². The van der Waals surface area contributed by atoms with Crippen molar-refractivity contribution < 1.29 is 0 Å². The summed E-state index contributed by atoms with van der Waals surface area (Å²) in [4.78, 5) is 25.3. The van der Waals surface area contributed by atoms with Gasteiger partial charge in [0, 0.05) is 18.4 Å². The molecule has 0 aliphatic heterocycles. The van der Waals surface area contributed by atoms with E-state index in [1.165, 1.54) is 15.5 Å². The van der Waals surface area contributed by atoms with Crippen molar-refractivity contribution in [3.63, 3.8) is 0 Å². The summed E-state index contributed by atoms with van der Waals surface area (Å²) in [6, 6.07) is 9.88. The second-order valence-corrected chi connectivity index (χ2v) is 6.42. The molecule has 1 fully saturated rings. The highest BCUT2D eigenvalue weighted by molar-refractivity contribution is 5.33. The third-order valence-electron chi connectivity index (χ3n) is 4.82. The molecule has 6 heteroatoms. The van der Waals surface area contributed by atoms with Crippen LogP contribution < -0.4 is 11.2 Å². The third-order valence-corrected chi connectivity index (χ3v) is 4.82. The van der Waals surface area contributed by atoms with Crippen LogP contribution in [-0.4, -0.2) is 18.7 Å². The Morgan fingerprint density at radius 2 is 1.75 bits per heavy atom. The van der Waals surface area contributed by atoms with Gasteiger partial charge in [0.25, 0.3) is 5.56 Å². The van der Waals surface area contributed by atoms with Gasteiger partial charge in [-0.15, -0.1) is 5.10 Å². The molecule has 0 N–H and O–H groups in total. The van der Waals surface area contributed by atoms with Crippen molar-refractivity contribution >= 4 is 5.65 Å². The summed E-state index contributed by atoms with van der Waals surface area (Å²) in [5.41, 5.74) is 0.745. The molecule has 1 saturated carbocycles. The number of hydrogen-bond acceptors (Lipinski definition) is 3. The van der Waals surface area contributed by atoms with Crippen molar-refractivity contribution in [3.8, 4) is 0 Å². The van der Waals surface area contributed by atoms with E-state index in [4.69, 9.17) is 0 Å². The molecule has 0 saturated heterocycles. The number of aromatic nitrogens is 4. The lowest BCUT2D eigenvalue weighted by atomic mass is 9.95. The van der Waals surface area contributed by atoms with Crippen LogP contribution in [0.3, 0.4) is 0 Å². The van der Waals surface area contributed by atoms with Gasteiger partial charge in [0.15, 0.2) is 0 Å². The Kier molecular flexibility index (Phi) is 3.80. The molecule has 1 aromatic carbocycles. The molecule has 0 spiro atoms. The normalized spacial score (nSPS) is 15.8. The molecule has 24 heavy (non-hydrogen) atoms. The zero-order valence-electron chi connectivity index (χ0n) is 13.5. The van der Waals surface area contributed by atoms with E-state index in [2.05, 4.69) is 5.10 Å². The number of benzene rings is 1. The summed E-state index contributed by atoms with van der Waals surface area (Å²) in [5, 5.41) is 4.30. The third kappa shape index (κ3) is 2.58. The van der Waals surface area contributed by atoms with Crippen molar-refractivity contribution in [2.75, 3.05) is 0 Å². The molecule has 0 radical (unpaired) electrons. The number of nitrogens with zero attached hydrogens (tertiary/aromatic N) is 4. The molecule has 2 heterocycles. The first-order chi connectivity index (χ1) is 11.7. The first-order valence-electron chi connectivity index (χ1n) is 8.48. The topological polar surface area (TPSA) is 61.3 Å². The standard InChI is InChI=1S/C18H20N4O2/c23-17-16-19-22(13-14-7-3-1-4-8-14)18(24)21(16)12-11-20(17)15-9-5-2-6-10-15/h1,3-4,7-8,11-12,15H,2,5-6,9-10,13H2. The van der Waals surface area contributed by atoms with Gasteiger partial charge >= 0.3 is 5.69 Å². The molecule has 124 valence electrons. The lowest BCUT2D eigenvalue weighted by Gasteiger charge is -2.23. The lowest BCUT2D eigenvalue weighted by molar-refractivity contribution is 0.346. The number of fused-ring (bicyclic) bond motifs is 1. The minimum atomic E-state index is -0.276. The summed E-state index contributed by atoms with van der Waals surface area (Å²) in [6.07, 6.45) is 8.98. The van der Waals surface area contributed by atoms with Crippen molar-refractivity contribution in [3.05, 3.63) is 69.1 Å². The van der Waals surface area contributed by atoms with Gasteiger partial charge in [0.05, 0.1) is 6.54 Å². The van der Waals surface area contributed by atoms with E-state index in [9.17, 15) is 9.59 Å². The highest BCUT2D eigenvalue weighted by atomic mass is 16.2. The second kappa shape index (κ2) is 6.11. The first-order valence-corrected chi connectivity index (χ1v) is 8.48. The Morgan fingerprint density at radius 1 is 1.00 bits per heavy atom. The van der Waals surface area contributed by atoms with Gasteiger partial charge in [0.1, 0.15) is 0 Å². The van der Waals surface area contributed by atoms with Crippen molar-refractivity contribution in [1.82, 2.24) is 18.7 Å². The quantitative estimate of drug-likeness (QED) is 0.742. The predicted octanol–water partition coefficient (Wildman–Crippen LogP) is 2.21. The molecule has 6 nitrogen and oxygen atoms in total. The van der Waals surface area contributed by atoms with Gasteiger partial charge < -0.3 is 4.57 Å². The number of hydrogen-bond donors (Lipinski definition) is 0. The second-order valence-electron chi connectivity index (χ2n) is 6.42. The molecular formula is C18H20N4O2. The van der Waals surface area contributed by atoms with Gasteiger partial charge in [-0.05, 0) is 18.4 Å². The molecule has 0 bridgehead atoms. The minimum Gasteiger partial charge on any atom is -0.308 e. The van der Waals surface area contributed by atoms with Crippen LogP contribution in [0.15, 0.2) is 52.3 Å². The summed E-state index contributed by atoms with van der Waals surface area (Å²) in [5.74, 6) is 0. The molecule has 0 atom stereocenters. The van der Waals surface area contributed by atoms with E-state index in [0.717, 1.165) is 31.2 Å². The Bertz CT molecular complexity index is 962. The minimum absolute atomic E-state index is 0.173. The van der Waals surface area contributed by atoms with Crippen LogP contribution in [0.5, 0.6) is 0 Å². The van der Waals surface area contributed by atoms with E-state index in [0.29, 0.717) is 6.54 Å². The van der Waals surface area contributed by atoms with Crippen LogP contribution in [0.4, 0.5) is 0 Å². The van der Waals surface area contributed by atoms with Gasteiger partial charge in [-0.1, -0.05) is 49.6 Å². The molecule has 2 aromatic heterocycles. The van der Waals surface area contributed by atoms with E-state index >= 15 is 0 Å². The fourth-order valence-corrected chi connectivity index (χ4v) is 3.53. The molecule has 4 rings (SSSR count). The van der Waals surface area contributed by atoms with Gasteiger partial charge in [-0.25, -0.2) is 13.9 Å². The Morgan fingerprint density at radius 3 is 2.50 bits per heavy atom. The first kappa shape index (κ1) is 14.9. The molecular weight excluding hydrogens is 304 g/mol. The fraction of sp³-hybridized carbons (Fsp3) is 0.389. The maximum absolute atomic E-state index is 12.8. The highest BCUT2D eigenvalue weighted by Crippen LogP contribution is 2.26. The van der Waals surface area contributed by atoms with E-state index < -0.39 is 0 Å². The van der Waals surface area contributed by atoms with Crippen molar-refractivity contribution in [2.45, 2.75) is 44.7 Å². The van der Waals surface area contributed by atoms with Gasteiger partial charge in [-0.3, -0.25) is 4.79 Å². The summed E-state index contributed by atoms with van der Waals surface area (Å²) in [7, 11) is 0. The summed E-state index contributed by atoms with van der Waals surface area (Å²) < 4.78 is 4.47. The van der Waals surface area contributed by atoms with Crippen LogP contribution in [0.1, 0.15) is 43.7 Å². The van der Waals surface area contributed by atoms with Gasteiger partial charge in [0.2, 0.25) is 5.65 Å². The Balaban J connectivity index is 1.76. The van der Waals surface area contributed by atoms with E-state index in [1.54, 1.807) is 17.0 Å². The molecule has 1 aliphatic rings. The fourth-order valence-electron chi connectivity index (χ4n) is 3.53. The zero-order valence-corrected chi connectivity index (χ0v) is 13.5. The summed E-state index contributed by atoms with van der Waals surface area (Å²) in [6.45, 7) is 0.365. The van der Waals surface area contributed by atoms with E-state index in [1.807, 2.05) is 30.3 Å². The maximum Gasteiger partial charge on any atom is 0.350 e. The average Bonchev–Trinajstić information content (AvgIpc) is 2.94. The molecule has 0 unspecified atom stereocenters. The largest absolute Gasteiger partial charge is 0.350 e. The van der Waals surface area contributed by atoms with E-state index in [-0.39, 0.29) is 22.9 Å². The number of rotatable bonds is 3. The SMILES string of the molecule is O=c1c2nn(Cc3ccccc3)c(=O)n2ccn1C1CCCCC1. The lowest BCUT2D eigenvalue weighted by Crippen LogP contribution is -2.28. The average molecular weight is 324 g/mol. The van der Waals surface area contributed by atoms with Gasteiger partial charge in [-0.2, -0.15) is 0 Å². The van der Waals surface area contributed by atoms with Crippen molar-refractivity contribution in [1.29, 1.82) is 0 Å². The van der Waals surface area contributed by atoms with Crippen LogP contribution in [0.25, 0.3) is 5.65 Å². The van der Waals surface area contributed by atoms with Crippen LogP contribution in [0.2, 0.25) is 0 Å². The summed E-state index contributed by atoms with van der Waals surface area (Å²) >= 11 is 0. The Labute approximate surface area is 139 Å². The zero-order chi connectivity index (χ0) is 16.5. The Hall–Kier alpha value is -2.63. The maximum atomic E-state index is 12.8. The highest BCUT2D eigenvalue weighted by Gasteiger charge is 2.19. The molecule has 0 amide bonds. The molecule has 1 aliphatic carbocycles. The van der Waals surface area contributed by atoms with Crippen molar-refractivity contribution in [2.24, 2.45) is 0 Å². The van der Waals surface area contributed by atoms with Crippen LogP contribution >= 0.6 is 0 Å². The van der Waals surface area contributed by atoms with Crippen LogP contribution in [-0.2, 0) is 6.54 Å². The smallest absolute Gasteiger partial charge is 0.308 e. The molecule has 3 aromatic rings. The predicted molar refractivity (Wildman–Crippen MR) is 91.4 cm³/mol.